The average molecular weight is 561 g/mol. The van der Waals surface area contributed by atoms with Crippen LogP contribution in [0.5, 0.6) is 0 Å². The van der Waals surface area contributed by atoms with E-state index in [2.05, 4.69) is 55.3 Å². The number of allylic oxidation sites excluding steroid dienone is 5. The van der Waals surface area contributed by atoms with Crippen molar-refractivity contribution in [3.8, 4) is 0 Å². The summed E-state index contributed by atoms with van der Waals surface area (Å²) in [7, 11) is -2.22. The first kappa shape index (κ1) is 27.3. The van der Waals surface area contributed by atoms with Crippen LogP contribution in [0.15, 0.2) is 52.2 Å². The summed E-state index contributed by atoms with van der Waals surface area (Å²) in [5, 5.41) is 22.5. The molecule has 8 heteroatoms. The van der Waals surface area contributed by atoms with E-state index in [-0.39, 0.29) is 9.75 Å². The molecule has 39 heavy (non-hydrogen) atoms. The number of anilines is 1. The minimum absolute atomic E-state index is 0.0788. The average Bonchev–Trinajstić information content (AvgIpc) is 3.56. The number of hydrogen-bond acceptors (Lipinski definition) is 5. The molecule has 0 amide bonds. The van der Waals surface area contributed by atoms with Crippen molar-refractivity contribution < 1.29 is 19.8 Å². The van der Waals surface area contributed by atoms with E-state index in [9.17, 15) is 19.8 Å². The van der Waals surface area contributed by atoms with Crippen molar-refractivity contribution in [3.63, 3.8) is 0 Å². The van der Waals surface area contributed by atoms with Crippen LogP contribution in [-0.4, -0.2) is 55.6 Å². The minimum Gasteiger partial charge on any atom is -0.477 e. The summed E-state index contributed by atoms with van der Waals surface area (Å²) in [5.74, 6) is -2.19. The summed E-state index contributed by atoms with van der Waals surface area (Å²) >= 11 is 0.852. The minimum atomic E-state index is -2.22. The summed E-state index contributed by atoms with van der Waals surface area (Å²) < 4.78 is 0. The second-order valence-electron chi connectivity index (χ2n) is 11.1. The summed E-state index contributed by atoms with van der Waals surface area (Å²) in [5.41, 5.74) is 6.05. The molecule has 0 bridgehead atoms. The Labute approximate surface area is 235 Å². The molecule has 2 aliphatic heterocycles. The molecular weight excluding hydrogens is 525 g/mol. The monoisotopic (exact) mass is 560 g/mol. The van der Waals surface area contributed by atoms with Gasteiger partial charge in [-0.2, -0.15) is 0 Å². The molecule has 0 saturated carbocycles. The standard InChI is InChI=1S/C31H36N2O4SSi/c1-5-6-7-14-32-20-10-12-22-24(17-20)39(3,4)25-18-21(33-15-8-9-16-33)11-13-23(25)27(22)26-19(2)28(30(34)35)38-29(26)31(36)37/h10-13,17-18H,5-9,14-16H2,1-4H3,(H,34,35)(H,36,37). The summed E-state index contributed by atoms with van der Waals surface area (Å²) in [6, 6.07) is 6.61. The molecule has 1 aromatic carbocycles. The third-order valence-corrected chi connectivity index (χ3v) is 13.0. The quantitative estimate of drug-likeness (QED) is 0.286. The van der Waals surface area contributed by atoms with E-state index in [4.69, 9.17) is 4.99 Å². The fraction of sp³-hybridized carbons (Fsp3) is 0.387. The van der Waals surface area contributed by atoms with Gasteiger partial charge >= 0.3 is 11.9 Å². The fourth-order valence-electron chi connectivity index (χ4n) is 6.10. The number of aromatic carboxylic acids is 2. The second kappa shape index (κ2) is 10.7. The van der Waals surface area contributed by atoms with Gasteiger partial charge in [-0.1, -0.05) is 45.0 Å². The van der Waals surface area contributed by atoms with Crippen LogP contribution >= 0.6 is 11.3 Å². The van der Waals surface area contributed by atoms with E-state index in [0.717, 1.165) is 72.7 Å². The Morgan fingerprint density at radius 3 is 2.44 bits per heavy atom. The van der Waals surface area contributed by atoms with Gasteiger partial charge in [-0.15, -0.1) is 11.3 Å². The van der Waals surface area contributed by atoms with E-state index in [0.29, 0.717) is 11.1 Å². The fourth-order valence-corrected chi connectivity index (χ4v) is 10.2. The molecule has 0 atom stereocenters. The highest BCUT2D eigenvalue weighted by Gasteiger charge is 2.41. The molecule has 1 saturated heterocycles. The third-order valence-electron chi connectivity index (χ3n) is 8.20. The van der Waals surface area contributed by atoms with Gasteiger partial charge in [-0.25, -0.2) is 9.59 Å². The van der Waals surface area contributed by atoms with E-state index >= 15 is 0 Å². The number of hydrogen-bond donors (Lipinski definition) is 2. The highest BCUT2D eigenvalue weighted by atomic mass is 32.1. The van der Waals surface area contributed by atoms with Crippen LogP contribution in [0.4, 0.5) is 5.69 Å². The highest BCUT2D eigenvalue weighted by Crippen LogP contribution is 2.46. The molecule has 1 aliphatic carbocycles. The van der Waals surface area contributed by atoms with Crippen molar-refractivity contribution in [1.29, 1.82) is 0 Å². The Morgan fingerprint density at radius 2 is 1.77 bits per heavy atom. The van der Waals surface area contributed by atoms with Crippen molar-refractivity contribution in [1.82, 2.24) is 0 Å². The lowest BCUT2D eigenvalue weighted by molar-refractivity contribution is 0.0692. The first-order valence-corrected chi connectivity index (χ1v) is 17.7. The Balaban J connectivity index is 1.77. The van der Waals surface area contributed by atoms with Crippen LogP contribution < -0.4 is 10.1 Å². The predicted octanol–water partition coefficient (Wildman–Crippen LogP) is 6.45. The molecule has 1 fully saturated rings. The van der Waals surface area contributed by atoms with Crippen molar-refractivity contribution in [3.05, 3.63) is 73.6 Å². The third kappa shape index (κ3) is 4.85. The van der Waals surface area contributed by atoms with Gasteiger partial charge in [0.05, 0.1) is 5.71 Å². The zero-order valence-corrected chi connectivity index (χ0v) is 25.0. The van der Waals surface area contributed by atoms with E-state index in [1.807, 2.05) is 6.08 Å². The van der Waals surface area contributed by atoms with Crippen LogP contribution in [0.25, 0.3) is 5.57 Å². The summed E-state index contributed by atoms with van der Waals surface area (Å²) in [6.07, 6.45) is 12.1. The molecule has 1 aromatic heterocycles. The number of unbranched alkanes of at least 4 members (excludes halogenated alkanes) is 2. The second-order valence-corrected chi connectivity index (χ2v) is 16.5. The maximum Gasteiger partial charge on any atom is 0.346 e. The van der Waals surface area contributed by atoms with Crippen molar-refractivity contribution >= 4 is 53.5 Å². The van der Waals surface area contributed by atoms with Gasteiger partial charge in [0.25, 0.3) is 0 Å². The maximum absolute atomic E-state index is 12.4. The molecule has 0 unspecified atom stereocenters. The van der Waals surface area contributed by atoms with Crippen LogP contribution in [0.2, 0.25) is 13.1 Å². The maximum atomic E-state index is 12.4. The van der Waals surface area contributed by atoms with E-state index < -0.39 is 20.0 Å². The molecule has 0 spiro atoms. The van der Waals surface area contributed by atoms with Gasteiger partial charge < -0.3 is 15.1 Å². The van der Waals surface area contributed by atoms with Gasteiger partial charge in [0.1, 0.15) is 17.8 Å². The lowest BCUT2D eigenvalue weighted by atomic mass is 9.87. The number of carboxylic acid groups (broad SMARTS) is 2. The summed E-state index contributed by atoms with van der Waals surface area (Å²) in [6.45, 7) is 11.5. The summed E-state index contributed by atoms with van der Waals surface area (Å²) in [4.78, 5) is 32.0. The highest BCUT2D eigenvalue weighted by molar-refractivity contribution is 7.16. The van der Waals surface area contributed by atoms with Crippen molar-refractivity contribution in [2.24, 2.45) is 4.99 Å². The largest absolute Gasteiger partial charge is 0.477 e. The molecule has 3 aliphatic rings. The van der Waals surface area contributed by atoms with E-state index in [1.54, 1.807) is 6.92 Å². The smallest absolute Gasteiger partial charge is 0.346 e. The zero-order valence-electron chi connectivity index (χ0n) is 23.1. The van der Waals surface area contributed by atoms with Crippen molar-refractivity contribution in [2.75, 3.05) is 24.5 Å². The Kier molecular flexibility index (Phi) is 7.53. The van der Waals surface area contributed by atoms with Gasteiger partial charge in [0.15, 0.2) is 0 Å². The van der Waals surface area contributed by atoms with Crippen LogP contribution in [0.1, 0.15) is 75.1 Å². The van der Waals surface area contributed by atoms with Gasteiger partial charge in [-0.05, 0) is 83.1 Å². The molecular formula is C31H36N2O4SSi. The van der Waals surface area contributed by atoms with Crippen LogP contribution in [0, 0.1) is 6.92 Å². The number of fused-ring (bicyclic) bond motifs is 2. The van der Waals surface area contributed by atoms with Gasteiger partial charge in [0.2, 0.25) is 0 Å². The predicted molar refractivity (Wildman–Crippen MR) is 163 cm³/mol. The number of aliphatic imine (C=N–C) groups is 1. The molecule has 5 rings (SSSR count). The van der Waals surface area contributed by atoms with Crippen LogP contribution in [0.3, 0.4) is 0 Å². The normalized spacial score (nSPS) is 18.8. The van der Waals surface area contributed by atoms with Crippen molar-refractivity contribution in [2.45, 2.75) is 59.0 Å². The molecule has 2 aromatic rings. The first-order valence-electron chi connectivity index (χ1n) is 13.8. The lowest BCUT2D eigenvalue weighted by Gasteiger charge is -2.38. The number of carbonyl (C=O) groups is 2. The topological polar surface area (TPSA) is 90.2 Å². The molecule has 2 N–H and O–H groups in total. The molecule has 3 heterocycles. The number of benzene rings is 1. The SMILES string of the molecule is CCCCCN=C1C=CC2=C(c3c(C(=O)O)sc(C(=O)O)c3C)c3ccc(N4CCCC4)cc3[Si](C)(C)C2=C1. The van der Waals surface area contributed by atoms with Gasteiger partial charge in [-0.3, -0.25) is 4.99 Å². The van der Waals surface area contributed by atoms with Gasteiger partial charge in [0, 0.05) is 30.9 Å². The molecule has 204 valence electrons. The van der Waals surface area contributed by atoms with Crippen LogP contribution in [-0.2, 0) is 0 Å². The van der Waals surface area contributed by atoms with E-state index in [1.165, 1.54) is 28.9 Å². The molecule has 6 nitrogen and oxygen atoms in total. The number of carboxylic acids is 2. The Bertz CT molecular complexity index is 1470. The number of thiophene rings is 1. The number of rotatable bonds is 8. The Morgan fingerprint density at radius 1 is 1.05 bits per heavy atom. The zero-order chi connectivity index (χ0) is 27.9. The number of nitrogens with zero attached hydrogens (tertiary/aromatic N) is 2. The Hall–Kier alpha value is -3.23. The lowest BCUT2D eigenvalue weighted by Crippen LogP contribution is -2.49. The molecule has 0 radical (unpaired) electrons. The first-order chi connectivity index (χ1) is 18.6.